The fourth-order valence-corrected chi connectivity index (χ4v) is 5.05. The smallest absolute Gasteiger partial charge is 0.193 e. The number of anilines is 1. The Kier molecular flexibility index (Phi) is 4.79. The van der Waals surface area contributed by atoms with Crippen molar-refractivity contribution in [3.05, 3.63) is 41.4 Å². The number of aromatic amines is 1. The number of halogens is 1. The Labute approximate surface area is 184 Å². The van der Waals surface area contributed by atoms with Gasteiger partial charge in [-0.1, -0.05) is 23.7 Å². The molecule has 0 amide bonds. The van der Waals surface area contributed by atoms with Gasteiger partial charge in [-0.15, -0.1) is 0 Å². The first-order valence-electron chi connectivity index (χ1n) is 10.8. The van der Waals surface area contributed by atoms with Crippen molar-refractivity contribution >= 4 is 28.3 Å². The Morgan fingerprint density at radius 2 is 1.84 bits per heavy atom. The van der Waals surface area contributed by atoms with E-state index in [1.165, 1.54) is 18.5 Å². The van der Waals surface area contributed by atoms with Crippen molar-refractivity contribution in [2.75, 3.05) is 31.2 Å². The molecule has 6 rings (SSSR count). The zero-order valence-corrected chi connectivity index (χ0v) is 17.7. The van der Waals surface area contributed by atoms with Gasteiger partial charge in [0.05, 0.1) is 35.0 Å². The van der Waals surface area contributed by atoms with E-state index in [1.54, 1.807) is 0 Å². The Balaban J connectivity index is 1.24. The molecule has 3 aliphatic heterocycles. The van der Waals surface area contributed by atoms with Gasteiger partial charge in [0, 0.05) is 30.4 Å². The highest BCUT2D eigenvalue weighted by atomic mass is 35.5. The highest BCUT2D eigenvalue weighted by Gasteiger charge is 2.48. The summed E-state index contributed by atoms with van der Waals surface area (Å²) in [6, 6.07) is 12.2. The van der Waals surface area contributed by atoms with Gasteiger partial charge in [-0.3, -0.25) is 0 Å². The van der Waals surface area contributed by atoms with Gasteiger partial charge >= 0.3 is 0 Å². The number of rotatable bonds is 4. The van der Waals surface area contributed by atoms with Crippen LogP contribution in [0.15, 0.2) is 36.4 Å². The summed E-state index contributed by atoms with van der Waals surface area (Å²) in [6.07, 6.45) is 1.06. The number of ether oxygens (including phenoxy) is 3. The van der Waals surface area contributed by atoms with Gasteiger partial charge < -0.3 is 29.2 Å². The van der Waals surface area contributed by atoms with Crippen LogP contribution in [0.4, 0.5) is 5.69 Å². The van der Waals surface area contributed by atoms with E-state index in [0.29, 0.717) is 17.5 Å². The molecule has 0 aliphatic carbocycles. The van der Waals surface area contributed by atoms with Gasteiger partial charge in [-0.2, -0.15) is 0 Å². The largest absolute Gasteiger partial charge is 0.470 e. The maximum Gasteiger partial charge on any atom is 0.193 e. The van der Waals surface area contributed by atoms with Crippen LogP contribution in [0.5, 0.6) is 5.88 Å². The molecule has 4 atom stereocenters. The summed E-state index contributed by atoms with van der Waals surface area (Å²) in [5.41, 5.74) is 4.56. The highest BCUT2D eigenvalue weighted by molar-refractivity contribution is 6.33. The molecule has 8 heteroatoms. The van der Waals surface area contributed by atoms with E-state index >= 15 is 0 Å². The summed E-state index contributed by atoms with van der Waals surface area (Å²) < 4.78 is 17.3. The lowest BCUT2D eigenvalue weighted by Gasteiger charge is -2.17. The number of aliphatic hydroxyl groups is 1. The van der Waals surface area contributed by atoms with Crippen molar-refractivity contribution < 1.29 is 19.3 Å². The van der Waals surface area contributed by atoms with Gasteiger partial charge in [0.15, 0.2) is 12.0 Å². The minimum Gasteiger partial charge on any atom is -0.470 e. The molecule has 3 saturated heterocycles. The standard InChI is InChI=1S/C23H24ClN3O4/c24-15-9-16-17(10-20(25-16)31-19-12-30-22-18(28)11-29-23(19)22)26-21(15)13-3-5-14(6-4-13)27-7-1-2-8-27/h3-6,9-10,18-19,22-23,25,28H,1-2,7-8,11-12H2/t18-,19-,22-,23-/m1/s1. The second-order valence-corrected chi connectivity index (χ2v) is 8.85. The Bertz CT molecular complexity index is 1100. The molecule has 3 fully saturated rings. The number of hydrogen-bond donors (Lipinski definition) is 2. The molecule has 3 aliphatic rings. The zero-order valence-electron chi connectivity index (χ0n) is 17.0. The lowest BCUT2D eigenvalue weighted by Crippen LogP contribution is -2.34. The number of aliphatic hydroxyl groups excluding tert-OH is 1. The average Bonchev–Trinajstić information content (AvgIpc) is 3.55. The third kappa shape index (κ3) is 3.46. The first kappa shape index (κ1) is 19.4. The molecule has 2 aromatic heterocycles. The van der Waals surface area contributed by atoms with Crippen molar-refractivity contribution in [3.8, 4) is 17.1 Å². The molecule has 0 unspecified atom stereocenters. The first-order valence-corrected chi connectivity index (χ1v) is 11.2. The molecule has 3 aromatic rings. The maximum atomic E-state index is 9.90. The van der Waals surface area contributed by atoms with Crippen molar-refractivity contribution in [1.29, 1.82) is 0 Å². The molecule has 162 valence electrons. The number of benzene rings is 1. The summed E-state index contributed by atoms with van der Waals surface area (Å²) in [4.78, 5) is 10.4. The Morgan fingerprint density at radius 3 is 2.65 bits per heavy atom. The summed E-state index contributed by atoms with van der Waals surface area (Å²) in [7, 11) is 0. The molecule has 0 saturated carbocycles. The third-order valence-electron chi connectivity index (χ3n) is 6.40. The van der Waals surface area contributed by atoms with E-state index in [2.05, 4.69) is 34.1 Å². The van der Waals surface area contributed by atoms with Crippen LogP contribution >= 0.6 is 11.6 Å². The van der Waals surface area contributed by atoms with E-state index in [4.69, 9.17) is 30.8 Å². The lowest BCUT2D eigenvalue weighted by atomic mass is 10.1. The molecular weight excluding hydrogens is 418 g/mol. The third-order valence-corrected chi connectivity index (χ3v) is 6.69. The first-order chi connectivity index (χ1) is 15.2. The number of H-pyrrole nitrogens is 1. The molecule has 0 bridgehead atoms. The molecule has 1 aromatic carbocycles. The van der Waals surface area contributed by atoms with Crippen LogP contribution in [-0.4, -0.2) is 65.8 Å². The zero-order chi connectivity index (χ0) is 20.9. The van der Waals surface area contributed by atoms with E-state index in [0.717, 1.165) is 35.4 Å². The summed E-state index contributed by atoms with van der Waals surface area (Å²) in [5.74, 6) is 0.583. The predicted molar refractivity (Wildman–Crippen MR) is 118 cm³/mol. The average molecular weight is 442 g/mol. The minimum atomic E-state index is -0.596. The van der Waals surface area contributed by atoms with Crippen molar-refractivity contribution in [3.63, 3.8) is 0 Å². The number of aromatic nitrogens is 2. The van der Waals surface area contributed by atoms with Gasteiger partial charge in [-0.25, -0.2) is 4.98 Å². The molecular formula is C23H24ClN3O4. The van der Waals surface area contributed by atoms with Crippen molar-refractivity contribution in [2.45, 2.75) is 37.3 Å². The Hall–Kier alpha value is -2.32. The molecule has 31 heavy (non-hydrogen) atoms. The fraction of sp³-hybridized carbons (Fsp3) is 0.435. The van der Waals surface area contributed by atoms with Gasteiger partial charge in [0.1, 0.15) is 18.3 Å². The second-order valence-electron chi connectivity index (χ2n) is 8.45. The second kappa shape index (κ2) is 7.67. The fourth-order valence-electron chi connectivity index (χ4n) is 4.79. The van der Waals surface area contributed by atoms with Gasteiger partial charge in [0.25, 0.3) is 0 Å². The molecule has 2 N–H and O–H groups in total. The SMILES string of the molecule is O[C@@H]1CO[C@H]2[C@@H]1OC[C@H]2Oc1cc2nc(-c3ccc(N4CCCC4)cc3)c(Cl)cc2[nH]1. The van der Waals surface area contributed by atoms with E-state index in [9.17, 15) is 5.11 Å². The maximum absolute atomic E-state index is 9.90. The van der Waals surface area contributed by atoms with E-state index in [-0.39, 0.29) is 24.9 Å². The van der Waals surface area contributed by atoms with Crippen LogP contribution in [-0.2, 0) is 9.47 Å². The number of fused-ring (bicyclic) bond motifs is 2. The Morgan fingerprint density at radius 1 is 1.06 bits per heavy atom. The summed E-state index contributed by atoms with van der Waals surface area (Å²) in [6.45, 7) is 2.89. The van der Waals surface area contributed by atoms with Crippen LogP contribution in [0, 0.1) is 0 Å². The molecule has 0 spiro atoms. The van der Waals surface area contributed by atoms with Crippen molar-refractivity contribution in [1.82, 2.24) is 9.97 Å². The van der Waals surface area contributed by atoms with E-state index in [1.807, 2.05) is 12.1 Å². The van der Waals surface area contributed by atoms with Crippen molar-refractivity contribution in [2.24, 2.45) is 0 Å². The van der Waals surface area contributed by atoms with Crippen LogP contribution in [0.1, 0.15) is 12.8 Å². The number of nitrogens with zero attached hydrogens (tertiary/aromatic N) is 2. The lowest BCUT2D eigenvalue weighted by molar-refractivity contribution is 0.00794. The van der Waals surface area contributed by atoms with Gasteiger partial charge in [0.2, 0.25) is 0 Å². The summed E-state index contributed by atoms with van der Waals surface area (Å²) in [5, 5.41) is 10.5. The topological polar surface area (TPSA) is 79.8 Å². The molecule has 5 heterocycles. The number of pyridine rings is 1. The number of hydrogen-bond acceptors (Lipinski definition) is 6. The quantitative estimate of drug-likeness (QED) is 0.646. The van der Waals surface area contributed by atoms with Crippen LogP contribution in [0.2, 0.25) is 5.02 Å². The monoisotopic (exact) mass is 441 g/mol. The van der Waals surface area contributed by atoms with E-state index < -0.39 is 6.10 Å². The molecule has 7 nitrogen and oxygen atoms in total. The van der Waals surface area contributed by atoms with Gasteiger partial charge in [-0.05, 0) is 31.0 Å². The normalized spacial score (nSPS) is 27.9. The minimum absolute atomic E-state index is 0.261. The van der Waals surface area contributed by atoms with Crippen LogP contribution in [0.3, 0.4) is 0 Å². The highest BCUT2D eigenvalue weighted by Crippen LogP contribution is 2.34. The van der Waals surface area contributed by atoms with Crippen LogP contribution < -0.4 is 9.64 Å². The predicted octanol–water partition coefficient (Wildman–Crippen LogP) is 3.39. The van der Waals surface area contributed by atoms with Crippen LogP contribution in [0.25, 0.3) is 22.3 Å². The molecule has 0 radical (unpaired) electrons. The number of nitrogens with one attached hydrogen (secondary N) is 1. The summed E-state index contributed by atoms with van der Waals surface area (Å²) >= 11 is 6.57.